The Morgan fingerprint density at radius 1 is 1.14 bits per heavy atom. The van der Waals surface area contributed by atoms with Gasteiger partial charge in [0.2, 0.25) is 5.91 Å². The molecule has 1 heterocycles. The van der Waals surface area contributed by atoms with Crippen molar-refractivity contribution in [3.05, 3.63) is 0 Å². The Morgan fingerprint density at radius 3 is 2.09 bits per heavy atom. The summed E-state index contributed by atoms with van der Waals surface area (Å²) in [4.78, 5) is 27.5. The van der Waals surface area contributed by atoms with Crippen LogP contribution in [0.3, 0.4) is 0 Å². The Bertz CT molecular complexity index is 357. The Kier molecular flexibility index (Phi) is 7.87. The number of carboxylic acids is 1. The molecule has 1 rings (SSSR count). The third-order valence-corrected chi connectivity index (χ3v) is 4.29. The average molecular weight is 312 g/mol. The van der Waals surface area contributed by atoms with Crippen LogP contribution in [0.25, 0.3) is 0 Å². The molecule has 5 heteroatoms. The molecular formula is C17H32N2O3. The van der Waals surface area contributed by atoms with Crippen molar-refractivity contribution in [2.75, 3.05) is 32.7 Å². The van der Waals surface area contributed by atoms with Crippen LogP contribution in [0.1, 0.15) is 47.0 Å². The summed E-state index contributed by atoms with van der Waals surface area (Å²) in [6.07, 6.45) is 2.68. The molecule has 1 N–H and O–H groups in total. The van der Waals surface area contributed by atoms with Crippen LogP contribution in [0.15, 0.2) is 0 Å². The highest BCUT2D eigenvalue weighted by molar-refractivity contribution is 5.78. The molecule has 0 saturated carbocycles. The van der Waals surface area contributed by atoms with Crippen LogP contribution >= 0.6 is 0 Å². The molecule has 0 bridgehead atoms. The second-order valence-corrected chi connectivity index (χ2v) is 7.30. The summed E-state index contributed by atoms with van der Waals surface area (Å²) in [6, 6.07) is 0. The van der Waals surface area contributed by atoms with Gasteiger partial charge in [0, 0.05) is 19.6 Å². The van der Waals surface area contributed by atoms with Gasteiger partial charge in [-0.2, -0.15) is 0 Å². The fraction of sp³-hybridized carbons (Fsp3) is 0.882. The highest BCUT2D eigenvalue weighted by Gasteiger charge is 2.29. The van der Waals surface area contributed by atoms with Gasteiger partial charge in [-0.05, 0) is 37.6 Å². The maximum absolute atomic E-state index is 12.5. The summed E-state index contributed by atoms with van der Waals surface area (Å²) in [5.74, 6) is 0.251. The lowest BCUT2D eigenvalue weighted by Crippen LogP contribution is -2.41. The Hall–Kier alpha value is -1.10. The lowest BCUT2D eigenvalue weighted by Gasteiger charge is -2.27. The first-order chi connectivity index (χ1) is 10.3. The molecule has 0 aliphatic carbocycles. The van der Waals surface area contributed by atoms with Gasteiger partial charge in [0.05, 0.1) is 12.5 Å². The minimum absolute atomic E-state index is 0.146. The van der Waals surface area contributed by atoms with Gasteiger partial charge in [0.1, 0.15) is 0 Å². The van der Waals surface area contributed by atoms with Crippen molar-refractivity contribution in [2.24, 2.45) is 17.8 Å². The molecule has 1 amide bonds. The topological polar surface area (TPSA) is 60.9 Å². The minimum atomic E-state index is -0.744. The summed E-state index contributed by atoms with van der Waals surface area (Å²) >= 11 is 0. The van der Waals surface area contributed by atoms with Gasteiger partial charge < -0.3 is 10.0 Å². The highest BCUT2D eigenvalue weighted by Crippen LogP contribution is 2.16. The molecule has 1 unspecified atom stereocenters. The number of nitrogens with zero attached hydrogens (tertiary/aromatic N) is 2. The van der Waals surface area contributed by atoms with E-state index >= 15 is 0 Å². The van der Waals surface area contributed by atoms with Gasteiger partial charge in [-0.15, -0.1) is 0 Å². The molecule has 0 aromatic rings. The quantitative estimate of drug-likeness (QED) is 0.710. The van der Waals surface area contributed by atoms with E-state index in [-0.39, 0.29) is 11.8 Å². The SMILES string of the molecule is CC(C)CCN(CCC(C)C)C(=O)CN1CCC(C(=O)O)C1. The highest BCUT2D eigenvalue weighted by atomic mass is 16.4. The van der Waals surface area contributed by atoms with Crippen LogP contribution in [0.2, 0.25) is 0 Å². The summed E-state index contributed by atoms with van der Waals surface area (Å²) in [7, 11) is 0. The lowest BCUT2D eigenvalue weighted by molar-refractivity contribution is -0.141. The molecule has 1 aliphatic rings. The number of carbonyl (C=O) groups excluding carboxylic acids is 1. The van der Waals surface area contributed by atoms with E-state index in [9.17, 15) is 9.59 Å². The fourth-order valence-corrected chi connectivity index (χ4v) is 2.66. The van der Waals surface area contributed by atoms with Crippen molar-refractivity contribution >= 4 is 11.9 Å². The van der Waals surface area contributed by atoms with Gasteiger partial charge in [0.15, 0.2) is 0 Å². The summed E-state index contributed by atoms with van der Waals surface area (Å²) in [6.45, 7) is 11.9. The van der Waals surface area contributed by atoms with Crippen molar-refractivity contribution in [3.63, 3.8) is 0 Å². The minimum Gasteiger partial charge on any atom is -0.481 e. The van der Waals surface area contributed by atoms with E-state index in [0.717, 1.165) is 25.9 Å². The number of carboxylic acid groups (broad SMARTS) is 1. The van der Waals surface area contributed by atoms with E-state index in [2.05, 4.69) is 27.7 Å². The standard InChI is InChI=1S/C17H32N2O3/c1-13(2)5-9-19(10-6-14(3)4)16(20)12-18-8-7-15(11-18)17(21)22/h13-15H,5-12H2,1-4H3,(H,21,22). The van der Waals surface area contributed by atoms with Crippen molar-refractivity contribution in [1.82, 2.24) is 9.80 Å². The smallest absolute Gasteiger partial charge is 0.307 e. The first-order valence-electron chi connectivity index (χ1n) is 8.52. The molecule has 1 saturated heterocycles. The van der Waals surface area contributed by atoms with E-state index in [1.807, 2.05) is 9.80 Å². The molecule has 5 nitrogen and oxygen atoms in total. The number of amides is 1. The maximum Gasteiger partial charge on any atom is 0.307 e. The van der Waals surface area contributed by atoms with Gasteiger partial charge in [-0.3, -0.25) is 14.5 Å². The molecule has 22 heavy (non-hydrogen) atoms. The fourth-order valence-electron chi connectivity index (χ4n) is 2.66. The number of carbonyl (C=O) groups is 2. The third kappa shape index (κ3) is 6.77. The molecule has 1 atom stereocenters. The average Bonchev–Trinajstić information content (AvgIpc) is 2.86. The largest absolute Gasteiger partial charge is 0.481 e. The van der Waals surface area contributed by atoms with Gasteiger partial charge >= 0.3 is 5.97 Å². The molecule has 0 spiro atoms. The predicted molar refractivity (Wildman–Crippen MR) is 87.7 cm³/mol. The van der Waals surface area contributed by atoms with Gasteiger partial charge in [-0.25, -0.2) is 0 Å². The zero-order valence-corrected chi connectivity index (χ0v) is 14.5. The Balaban J connectivity index is 2.49. The third-order valence-electron chi connectivity index (χ3n) is 4.29. The number of hydrogen-bond donors (Lipinski definition) is 1. The molecule has 0 radical (unpaired) electrons. The van der Waals surface area contributed by atoms with E-state index in [1.165, 1.54) is 0 Å². The predicted octanol–water partition coefficient (Wildman–Crippen LogP) is 2.31. The maximum atomic E-state index is 12.5. The van der Waals surface area contributed by atoms with E-state index < -0.39 is 5.97 Å². The van der Waals surface area contributed by atoms with E-state index in [0.29, 0.717) is 37.9 Å². The van der Waals surface area contributed by atoms with Crippen molar-refractivity contribution in [2.45, 2.75) is 47.0 Å². The van der Waals surface area contributed by atoms with Crippen LogP contribution in [-0.4, -0.2) is 59.5 Å². The Labute approximate surface area is 134 Å². The van der Waals surface area contributed by atoms with Crippen molar-refractivity contribution in [1.29, 1.82) is 0 Å². The second kappa shape index (κ2) is 9.13. The monoisotopic (exact) mass is 312 g/mol. The van der Waals surface area contributed by atoms with Crippen LogP contribution in [0.5, 0.6) is 0 Å². The number of aliphatic carboxylic acids is 1. The first-order valence-corrected chi connectivity index (χ1v) is 8.52. The van der Waals surface area contributed by atoms with Crippen LogP contribution in [0, 0.1) is 17.8 Å². The molecular weight excluding hydrogens is 280 g/mol. The summed E-state index contributed by atoms with van der Waals surface area (Å²) in [5.41, 5.74) is 0. The summed E-state index contributed by atoms with van der Waals surface area (Å²) in [5, 5.41) is 9.04. The van der Waals surface area contributed by atoms with Crippen LogP contribution < -0.4 is 0 Å². The number of rotatable bonds is 9. The molecule has 0 aromatic carbocycles. The lowest BCUT2D eigenvalue weighted by atomic mass is 10.1. The van der Waals surface area contributed by atoms with Gasteiger partial charge in [0.25, 0.3) is 0 Å². The first kappa shape index (κ1) is 18.9. The van der Waals surface area contributed by atoms with E-state index in [4.69, 9.17) is 5.11 Å². The molecule has 1 aliphatic heterocycles. The van der Waals surface area contributed by atoms with Crippen molar-refractivity contribution < 1.29 is 14.7 Å². The second-order valence-electron chi connectivity index (χ2n) is 7.30. The molecule has 1 fully saturated rings. The molecule has 0 aromatic heterocycles. The van der Waals surface area contributed by atoms with E-state index in [1.54, 1.807) is 0 Å². The van der Waals surface area contributed by atoms with Crippen LogP contribution in [0.4, 0.5) is 0 Å². The van der Waals surface area contributed by atoms with Crippen molar-refractivity contribution in [3.8, 4) is 0 Å². The number of hydrogen-bond acceptors (Lipinski definition) is 3. The zero-order valence-electron chi connectivity index (χ0n) is 14.5. The van der Waals surface area contributed by atoms with Gasteiger partial charge in [-0.1, -0.05) is 27.7 Å². The summed E-state index contributed by atoms with van der Waals surface area (Å²) < 4.78 is 0. The Morgan fingerprint density at radius 2 is 1.68 bits per heavy atom. The molecule has 128 valence electrons. The number of likely N-dealkylation sites (tertiary alicyclic amines) is 1. The van der Waals surface area contributed by atoms with Crippen LogP contribution in [-0.2, 0) is 9.59 Å². The zero-order chi connectivity index (χ0) is 16.7. The normalized spacial score (nSPS) is 19.1.